The first kappa shape index (κ1) is 47.4. The SMILES string of the molecule is CCCCCCCCCCCCCCC(=O)OC[C@@H](COC(=O)CCCCCCCCCCCCC(C)CC)OC(=O)CCCCCCC. The van der Waals surface area contributed by atoms with E-state index >= 15 is 0 Å². The summed E-state index contributed by atoms with van der Waals surface area (Å²) in [6.45, 7) is 8.92. The molecule has 2 atom stereocenters. The number of ether oxygens (including phenoxy) is 3. The van der Waals surface area contributed by atoms with Crippen LogP contribution in [0.2, 0.25) is 0 Å². The Morgan fingerprint density at radius 1 is 0.408 bits per heavy atom. The standard InChI is InChI=1S/C43H82O6/c1-5-8-10-12-13-14-15-16-20-23-27-30-34-41(44)47-37-40(49-43(46)36-32-25-11-9-6-2)38-48-42(45)35-31-28-24-21-18-17-19-22-26-29-33-39(4)7-3/h39-40H,5-38H2,1-4H3/t39?,40-/m0/s1. The lowest BCUT2D eigenvalue weighted by molar-refractivity contribution is -0.167. The first-order valence-electron chi connectivity index (χ1n) is 21.4. The highest BCUT2D eigenvalue weighted by atomic mass is 16.6. The zero-order valence-electron chi connectivity index (χ0n) is 33.1. The molecule has 0 radical (unpaired) electrons. The Balaban J connectivity index is 4.18. The molecule has 0 heterocycles. The Bertz CT molecular complexity index is 738. The van der Waals surface area contributed by atoms with Gasteiger partial charge in [-0.05, 0) is 25.2 Å². The van der Waals surface area contributed by atoms with E-state index in [0.717, 1.165) is 70.1 Å². The van der Waals surface area contributed by atoms with Crippen LogP contribution >= 0.6 is 0 Å². The molecule has 0 bridgehead atoms. The summed E-state index contributed by atoms with van der Waals surface area (Å²) in [5.74, 6) is -0.00315. The number of unbranched alkanes of at least 4 members (excludes halogenated alkanes) is 24. The van der Waals surface area contributed by atoms with Crippen molar-refractivity contribution in [2.75, 3.05) is 13.2 Å². The molecule has 0 saturated heterocycles. The summed E-state index contributed by atoms with van der Waals surface area (Å²) in [5, 5.41) is 0. The fourth-order valence-corrected chi connectivity index (χ4v) is 6.24. The van der Waals surface area contributed by atoms with Crippen LogP contribution in [0.4, 0.5) is 0 Å². The Labute approximate surface area is 304 Å². The van der Waals surface area contributed by atoms with Crippen molar-refractivity contribution in [1.82, 2.24) is 0 Å². The van der Waals surface area contributed by atoms with Gasteiger partial charge in [0.15, 0.2) is 6.10 Å². The van der Waals surface area contributed by atoms with Crippen molar-refractivity contribution in [2.24, 2.45) is 5.92 Å². The minimum atomic E-state index is -0.756. The Hall–Kier alpha value is -1.59. The molecular formula is C43H82O6. The van der Waals surface area contributed by atoms with Crippen molar-refractivity contribution in [2.45, 2.75) is 239 Å². The molecule has 0 aliphatic rings. The van der Waals surface area contributed by atoms with E-state index in [-0.39, 0.29) is 31.1 Å². The molecule has 0 aliphatic heterocycles. The van der Waals surface area contributed by atoms with Crippen LogP contribution in [0.3, 0.4) is 0 Å². The van der Waals surface area contributed by atoms with Crippen molar-refractivity contribution in [1.29, 1.82) is 0 Å². The first-order chi connectivity index (χ1) is 23.9. The molecule has 0 spiro atoms. The lowest BCUT2D eigenvalue weighted by atomic mass is 9.99. The van der Waals surface area contributed by atoms with Crippen molar-refractivity contribution in [3.63, 3.8) is 0 Å². The second-order valence-electron chi connectivity index (χ2n) is 14.9. The van der Waals surface area contributed by atoms with E-state index in [1.807, 2.05) is 0 Å². The summed E-state index contributed by atoms with van der Waals surface area (Å²) in [4.78, 5) is 37.3. The van der Waals surface area contributed by atoms with Gasteiger partial charge in [0, 0.05) is 19.3 Å². The summed E-state index contributed by atoms with van der Waals surface area (Å²) in [7, 11) is 0. The fraction of sp³-hybridized carbons (Fsp3) is 0.930. The lowest BCUT2D eigenvalue weighted by Crippen LogP contribution is -2.30. The van der Waals surface area contributed by atoms with Crippen LogP contribution in [0.25, 0.3) is 0 Å². The maximum absolute atomic E-state index is 12.5. The minimum Gasteiger partial charge on any atom is -0.462 e. The molecular weight excluding hydrogens is 612 g/mol. The highest BCUT2D eigenvalue weighted by Gasteiger charge is 2.19. The maximum atomic E-state index is 12.5. The molecule has 0 rings (SSSR count). The number of rotatable bonds is 38. The van der Waals surface area contributed by atoms with Gasteiger partial charge in [0.1, 0.15) is 13.2 Å². The van der Waals surface area contributed by atoms with Gasteiger partial charge in [-0.2, -0.15) is 0 Å². The van der Waals surface area contributed by atoms with Gasteiger partial charge in [0.2, 0.25) is 0 Å². The molecule has 49 heavy (non-hydrogen) atoms. The molecule has 290 valence electrons. The third-order valence-corrected chi connectivity index (χ3v) is 9.90. The van der Waals surface area contributed by atoms with Crippen LogP contribution < -0.4 is 0 Å². The quantitative estimate of drug-likeness (QED) is 0.0364. The van der Waals surface area contributed by atoms with Gasteiger partial charge in [0.05, 0.1) is 0 Å². The summed E-state index contributed by atoms with van der Waals surface area (Å²) in [6, 6.07) is 0. The Kier molecular flexibility index (Phi) is 36.4. The van der Waals surface area contributed by atoms with Gasteiger partial charge in [-0.3, -0.25) is 14.4 Å². The van der Waals surface area contributed by atoms with Crippen LogP contribution in [0, 0.1) is 5.92 Å². The highest BCUT2D eigenvalue weighted by molar-refractivity contribution is 5.71. The van der Waals surface area contributed by atoms with Crippen LogP contribution in [0.5, 0.6) is 0 Å². The van der Waals surface area contributed by atoms with Crippen LogP contribution in [0.15, 0.2) is 0 Å². The maximum Gasteiger partial charge on any atom is 0.306 e. The minimum absolute atomic E-state index is 0.0657. The first-order valence-corrected chi connectivity index (χ1v) is 21.4. The highest BCUT2D eigenvalue weighted by Crippen LogP contribution is 2.16. The Morgan fingerprint density at radius 3 is 1.06 bits per heavy atom. The van der Waals surface area contributed by atoms with Gasteiger partial charge in [-0.1, -0.05) is 195 Å². The van der Waals surface area contributed by atoms with Crippen LogP contribution in [-0.4, -0.2) is 37.2 Å². The largest absolute Gasteiger partial charge is 0.462 e. The number of esters is 3. The lowest BCUT2D eigenvalue weighted by Gasteiger charge is -2.18. The van der Waals surface area contributed by atoms with E-state index in [0.29, 0.717) is 19.3 Å². The van der Waals surface area contributed by atoms with Gasteiger partial charge >= 0.3 is 17.9 Å². The molecule has 0 aromatic rings. The number of carbonyl (C=O) groups excluding carboxylic acids is 3. The Morgan fingerprint density at radius 2 is 0.714 bits per heavy atom. The predicted molar refractivity (Wildman–Crippen MR) is 206 cm³/mol. The van der Waals surface area contributed by atoms with Crippen molar-refractivity contribution < 1.29 is 28.6 Å². The number of hydrogen-bond donors (Lipinski definition) is 0. The molecule has 6 heteroatoms. The molecule has 0 N–H and O–H groups in total. The summed E-state index contributed by atoms with van der Waals surface area (Å²) in [6.07, 6.45) is 35.3. The molecule has 6 nitrogen and oxygen atoms in total. The molecule has 0 aromatic heterocycles. The number of hydrogen-bond acceptors (Lipinski definition) is 6. The summed E-state index contributed by atoms with van der Waals surface area (Å²) < 4.78 is 16.6. The van der Waals surface area contributed by atoms with Crippen LogP contribution in [0.1, 0.15) is 233 Å². The topological polar surface area (TPSA) is 78.9 Å². The average Bonchev–Trinajstić information content (AvgIpc) is 3.10. The zero-order chi connectivity index (χ0) is 36.0. The average molecular weight is 695 g/mol. The van der Waals surface area contributed by atoms with Gasteiger partial charge < -0.3 is 14.2 Å². The predicted octanol–water partition coefficient (Wildman–Crippen LogP) is 13.2. The smallest absolute Gasteiger partial charge is 0.306 e. The third-order valence-electron chi connectivity index (χ3n) is 9.90. The van der Waals surface area contributed by atoms with Crippen LogP contribution in [-0.2, 0) is 28.6 Å². The molecule has 0 aromatic carbocycles. The molecule has 0 fully saturated rings. The van der Waals surface area contributed by atoms with E-state index in [1.54, 1.807) is 0 Å². The van der Waals surface area contributed by atoms with E-state index in [4.69, 9.17) is 14.2 Å². The van der Waals surface area contributed by atoms with E-state index < -0.39 is 6.10 Å². The van der Waals surface area contributed by atoms with Crippen molar-refractivity contribution >= 4 is 17.9 Å². The second kappa shape index (κ2) is 37.7. The van der Waals surface area contributed by atoms with Crippen molar-refractivity contribution in [3.05, 3.63) is 0 Å². The molecule has 0 amide bonds. The van der Waals surface area contributed by atoms with Gasteiger partial charge in [-0.25, -0.2) is 0 Å². The molecule has 0 aliphatic carbocycles. The van der Waals surface area contributed by atoms with Gasteiger partial charge in [-0.15, -0.1) is 0 Å². The summed E-state index contributed by atoms with van der Waals surface area (Å²) in [5.41, 5.74) is 0. The van der Waals surface area contributed by atoms with E-state index in [9.17, 15) is 14.4 Å². The summed E-state index contributed by atoms with van der Waals surface area (Å²) >= 11 is 0. The number of carbonyl (C=O) groups is 3. The normalized spacial score (nSPS) is 12.5. The van der Waals surface area contributed by atoms with Crippen molar-refractivity contribution in [3.8, 4) is 0 Å². The third kappa shape index (κ3) is 36.0. The molecule has 1 unspecified atom stereocenters. The fourth-order valence-electron chi connectivity index (χ4n) is 6.24. The molecule has 0 saturated carbocycles. The monoisotopic (exact) mass is 695 g/mol. The van der Waals surface area contributed by atoms with E-state index in [2.05, 4.69) is 27.7 Å². The zero-order valence-corrected chi connectivity index (χ0v) is 33.1. The second-order valence-corrected chi connectivity index (χ2v) is 14.9. The van der Waals surface area contributed by atoms with E-state index in [1.165, 1.54) is 122 Å². The van der Waals surface area contributed by atoms with Gasteiger partial charge in [0.25, 0.3) is 0 Å².